The van der Waals surface area contributed by atoms with Crippen molar-refractivity contribution < 1.29 is 9.53 Å². The van der Waals surface area contributed by atoms with Crippen molar-refractivity contribution in [2.24, 2.45) is 0 Å². The molecule has 4 heteroatoms. The van der Waals surface area contributed by atoms with Gasteiger partial charge < -0.3 is 4.74 Å². The predicted octanol–water partition coefficient (Wildman–Crippen LogP) is 1.42. The van der Waals surface area contributed by atoms with E-state index in [-0.39, 0.29) is 11.8 Å². The van der Waals surface area contributed by atoms with Gasteiger partial charge in [-0.3, -0.25) is 0 Å². The van der Waals surface area contributed by atoms with Crippen LogP contribution in [-0.4, -0.2) is 23.9 Å². The minimum atomic E-state index is -0.0874. The molecule has 0 amide bonds. The molecule has 8 heavy (non-hydrogen) atoms. The zero-order chi connectivity index (χ0) is 5.98. The second-order valence-corrected chi connectivity index (χ2v) is 3.04. The Hall–Kier alpha value is 0.190. The lowest BCUT2D eigenvalue weighted by molar-refractivity contribution is 0.154. The number of carbonyl (C=O) groups is 1. The Morgan fingerprint density at radius 2 is 2.75 bits per heavy atom. The quantitative estimate of drug-likeness (QED) is 0.420. The summed E-state index contributed by atoms with van der Waals surface area (Å²) in [6.45, 7) is 0. The number of rotatable bonds is 1. The smallest absolute Gasteiger partial charge is 0.323 e. The van der Waals surface area contributed by atoms with Gasteiger partial charge in [0, 0.05) is 6.16 Å². The lowest BCUT2D eigenvalue weighted by atomic mass is 10.5. The number of ether oxygens (including phenoxy) is 1. The van der Waals surface area contributed by atoms with Crippen molar-refractivity contribution in [3.05, 3.63) is 0 Å². The Balaban J connectivity index is 2.32. The van der Waals surface area contributed by atoms with Gasteiger partial charge in [-0.1, -0.05) is 0 Å². The van der Waals surface area contributed by atoms with Crippen molar-refractivity contribution in [1.82, 2.24) is 0 Å². The Kier molecular flexibility index (Phi) is 2.09. The molecule has 46 valence electrons. The number of hydrogen-bond acceptors (Lipinski definition) is 2. The molecule has 1 heterocycles. The Bertz CT molecular complexity index is 106. The van der Waals surface area contributed by atoms with Gasteiger partial charge in [-0.05, 0) is 8.58 Å². The number of carbonyl (C=O) groups excluding carboxylic acids is 1. The Morgan fingerprint density at radius 3 is 3.00 bits per heavy atom. The van der Waals surface area contributed by atoms with Crippen LogP contribution in [-0.2, 0) is 4.74 Å². The summed E-state index contributed by atoms with van der Waals surface area (Å²) in [7, 11) is 0.324. The van der Waals surface area contributed by atoms with Crippen molar-refractivity contribution in [2.75, 3.05) is 12.0 Å². The summed E-state index contributed by atoms with van der Waals surface area (Å²) < 4.78 is 4.75. The van der Waals surface area contributed by atoms with Gasteiger partial charge in [0.2, 0.25) is 0 Å². The zero-order valence-corrected chi connectivity index (χ0v) is 5.94. The predicted molar refractivity (Wildman–Crippen MR) is 34.2 cm³/mol. The summed E-state index contributed by atoms with van der Waals surface area (Å²) in [4.78, 5) is 10.3. The summed E-state index contributed by atoms with van der Waals surface area (Å²) in [5.74, 6) is 0.443. The van der Waals surface area contributed by atoms with Crippen molar-refractivity contribution >= 4 is 25.9 Å². The average molecular weight is 153 g/mol. The number of alkyl halides is 1. The molecule has 2 nitrogen and oxygen atoms in total. The maximum atomic E-state index is 10.3. The molecule has 0 radical (unpaired) electrons. The molecular formula is C4H6ClO2P. The molecule has 0 bridgehead atoms. The minimum absolute atomic E-state index is 0.00231. The van der Waals surface area contributed by atoms with Crippen LogP contribution < -0.4 is 0 Å². The molecule has 1 saturated heterocycles. The molecule has 0 N–H and O–H groups in total. The summed E-state index contributed by atoms with van der Waals surface area (Å²) in [5.41, 5.74) is -0.0874. The van der Waals surface area contributed by atoms with Crippen molar-refractivity contribution in [3.8, 4) is 0 Å². The molecule has 0 aromatic rings. The van der Waals surface area contributed by atoms with Crippen LogP contribution in [0.25, 0.3) is 0 Å². The molecule has 0 aliphatic carbocycles. The number of hydrogen-bond donors (Lipinski definition) is 0. The van der Waals surface area contributed by atoms with Gasteiger partial charge in [0.1, 0.15) is 6.10 Å². The second kappa shape index (κ2) is 2.65. The van der Waals surface area contributed by atoms with Crippen LogP contribution in [0.15, 0.2) is 0 Å². The SMILES string of the molecule is O=C1OC(CCl)CP1. The van der Waals surface area contributed by atoms with Crippen LogP contribution in [0.4, 0.5) is 4.79 Å². The van der Waals surface area contributed by atoms with E-state index in [2.05, 4.69) is 0 Å². The normalized spacial score (nSPS) is 31.1. The lowest BCUT2D eigenvalue weighted by Crippen LogP contribution is -2.10. The standard InChI is InChI=1S/C4H6ClO2P/c5-1-3-2-8-4(6)7-3/h3,8H,1-2H2. The fourth-order valence-electron chi connectivity index (χ4n) is 0.518. The molecule has 1 rings (SSSR count). The van der Waals surface area contributed by atoms with E-state index in [0.29, 0.717) is 14.5 Å². The van der Waals surface area contributed by atoms with Gasteiger partial charge in [0.15, 0.2) is 0 Å². The molecule has 0 spiro atoms. The number of halogens is 1. The summed E-state index contributed by atoms with van der Waals surface area (Å²) in [5, 5.41) is 0. The van der Waals surface area contributed by atoms with Crippen LogP contribution in [0.1, 0.15) is 0 Å². The third-order valence-electron chi connectivity index (χ3n) is 0.920. The average Bonchev–Trinajstić information content (AvgIpc) is 2.14. The van der Waals surface area contributed by atoms with Gasteiger partial charge in [-0.2, -0.15) is 0 Å². The summed E-state index contributed by atoms with van der Waals surface area (Å²) in [6.07, 6.45) is 0.824. The molecule has 1 aliphatic heterocycles. The van der Waals surface area contributed by atoms with E-state index >= 15 is 0 Å². The highest BCUT2D eigenvalue weighted by Crippen LogP contribution is 2.25. The topological polar surface area (TPSA) is 26.3 Å². The van der Waals surface area contributed by atoms with Gasteiger partial charge in [0.05, 0.1) is 5.88 Å². The molecule has 2 atom stereocenters. The first-order chi connectivity index (χ1) is 3.83. The van der Waals surface area contributed by atoms with E-state index in [4.69, 9.17) is 16.3 Å². The molecule has 0 aromatic heterocycles. The van der Waals surface area contributed by atoms with Crippen molar-refractivity contribution in [1.29, 1.82) is 0 Å². The van der Waals surface area contributed by atoms with Gasteiger partial charge in [0.25, 0.3) is 0 Å². The maximum Gasteiger partial charge on any atom is 0.323 e. The first-order valence-corrected chi connectivity index (χ1v) is 4.07. The first kappa shape index (κ1) is 6.31. The Morgan fingerprint density at radius 1 is 2.00 bits per heavy atom. The van der Waals surface area contributed by atoms with E-state index in [1.54, 1.807) is 0 Å². The van der Waals surface area contributed by atoms with Crippen molar-refractivity contribution in [2.45, 2.75) is 6.10 Å². The molecule has 2 unspecified atom stereocenters. The lowest BCUT2D eigenvalue weighted by Gasteiger charge is -1.99. The third-order valence-corrected chi connectivity index (χ3v) is 2.33. The highest BCUT2D eigenvalue weighted by Gasteiger charge is 2.21. The fraction of sp³-hybridized carbons (Fsp3) is 0.750. The second-order valence-electron chi connectivity index (χ2n) is 1.56. The van der Waals surface area contributed by atoms with Crippen LogP contribution in [0.3, 0.4) is 0 Å². The van der Waals surface area contributed by atoms with E-state index in [0.717, 1.165) is 6.16 Å². The van der Waals surface area contributed by atoms with Crippen LogP contribution in [0.5, 0.6) is 0 Å². The van der Waals surface area contributed by atoms with Gasteiger partial charge in [-0.15, -0.1) is 11.6 Å². The highest BCUT2D eigenvalue weighted by atomic mass is 35.5. The Labute approximate surface area is 54.3 Å². The minimum Gasteiger partial charge on any atom is -0.458 e. The van der Waals surface area contributed by atoms with E-state index in [1.165, 1.54) is 0 Å². The molecule has 0 aromatic carbocycles. The van der Waals surface area contributed by atoms with E-state index in [9.17, 15) is 4.79 Å². The van der Waals surface area contributed by atoms with Crippen LogP contribution in [0.2, 0.25) is 0 Å². The van der Waals surface area contributed by atoms with E-state index < -0.39 is 0 Å². The van der Waals surface area contributed by atoms with Gasteiger partial charge >= 0.3 is 5.71 Å². The van der Waals surface area contributed by atoms with Crippen molar-refractivity contribution in [3.63, 3.8) is 0 Å². The zero-order valence-electron chi connectivity index (χ0n) is 4.19. The van der Waals surface area contributed by atoms with E-state index in [1.807, 2.05) is 0 Å². The van der Waals surface area contributed by atoms with Crippen LogP contribution in [0, 0.1) is 0 Å². The van der Waals surface area contributed by atoms with Gasteiger partial charge in [-0.25, -0.2) is 4.79 Å². The largest absolute Gasteiger partial charge is 0.458 e. The maximum absolute atomic E-state index is 10.3. The molecule has 0 saturated carbocycles. The molecule has 1 fully saturated rings. The van der Waals surface area contributed by atoms with Crippen LogP contribution >= 0.6 is 20.2 Å². The monoisotopic (exact) mass is 152 g/mol. The summed E-state index contributed by atoms with van der Waals surface area (Å²) >= 11 is 5.40. The third kappa shape index (κ3) is 1.33. The summed E-state index contributed by atoms with van der Waals surface area (Å²) in [6, 6.07) is 0. The number of cyclic esters (lactones) is 1. The first-order valence-electron chi connectivity index (χ1n) is 2.33. The molecule has 1 aliphatic rings. The fourth-order valence-corrected chi connectivity index (χ4v) is 1.75. The highest BCUT2D eigenvalue weighted by molar-refractivity contribution is 7.57. The molecular weight excluding hydrogens is 146 g/mol.